The van der Waals surface area contributed by atoms with Crippen LogP contribution in [0.25, 0.3) is 0 Å². The average molecular weight is 291 g/mol. The molecule has 0 amide bonds. The molecule has 1 heterocycles. The number of para-hydroxylation sites is 2. The normalized spacial score (nSPS) is 11.5. The monoisotopic (exact) mass is 291 g/mol. The Kier molecular flexibility index (Phi) is 4.01. The smallest absolute Gasteiger partial charge is 0.144 e. The molecule has 2 aromatic carbocycles. The van der Waals surface area contributed by atoms with Gasteiger partial charge in [0.05, 0.1) is 18.5 Å². The van der Waals surface area contributed by atoms with Crippen molar-refractivity contribution in [2.24, 2.45) is 12.0 Å². The first-order valence-electron chi connectivity index (χ1n) is 7.05. The Balaban J connectivity index is 2.18. The fourth-order valence-electron chi connectivity index (χ4n) is 2.31. The Bertz CT molecular complexity index is 791. The Morgan fingerprint density at radius 2 is 1.73 bits per heavy atom. The van der Waals surface area contributed by atoms with Gasteiger partial charge < -0.3 is 4.74 Å². The number of rotatable bonds is 4. The van der Waals surface area contributed by atoms with Crippen LogP contribution in [-0.2, 0) is 7.05 Å². The maximum absolute atomic E-state index is 5.40. The molecule has 110 valence electrons. The Morgan fingerprint density at radius 1 is 1.00 bits per heavy atom. The van der Waals surface area contributed by atoms with Crippen molar-refractivity contribution in [1.82, 2.24) is 9.78 Å². The maximum Gasteiger partial charge on any atom is 0.144 e. The van der Waals surface area contributed by atoms with E-state index in [-0.39, 0.29) is 0 Å². The first-order valence-corrected chi connectivity index (χ1v) is 7.05. The van der Waals surface area contributed by atoms with Crippen LogP contribution in [0.15, 0.2) is 71.9 Å². The number of aryl methyl sites for hydroxylation is 1. The second kappa shape index (κ2) is 6.26. The topological polar surface area (TPSA) is 39.4 Å². The fourth-order valence-corrected chi connectivity index (χ4v) is 2.31. The Morgan fingerprint density at radius 3 is 2.41 bits per heavy atom. The van der Waals surface area contributed by atoms with Crippen molar-refractivity contribution in [3.05, 3.63) is 78.1 Å². The van der Waals surface area contributed by atoms with Gasteiger partial charge in [-0.1, -0.05) is 42.5 Å². The zero-order valence-electron chi connectivity index (χ0n) is 12.6. The lowest BCUT2D eigenvalue weighted by atomic mass is 10.1. The number of benzene rings is 2. The fraction of sp³-hybridized carbons (Fsp3) is 0.111. The summed E-state index contributed by atoms with van der Waals surface area (Å²) in [4.78, 5) is 4.83. The molecule has 0 unspecified atom stereocenters. The molecule has 0 saturated heterocycles. The van der Waals surface area contributed by atoms with Crippen molar-refractivity contribution < 1.29 is 4.74 Å². The van der Waals surface area contributed by atoms with E-state index in [1.165, 1.54) is 0 Å². The highest BCUT2D eigenvalue weighted by Crippen LogP contribution is 2.28. The molecule has 0 fully saturated rings. The number of hydrogen-bond donors (Lipinski definition) is 0. The minimum atomic E-state index is 0.748. The summed E-state index contributed by atoms with van der Waals surface area (Å²) < 4.78 is 7.22. The largest absolute Gasteiger partial charge is 0.494 e. The molecule has 0 saturated carbocycles. The summed E-state index contributed by atoms with van der Waals surface area (Å²) in [5.41, 5.74) is 3.66. The second-order valence-corrected chi connectivity index (χ2v) is 4.84. The SMILES string of the molecule is COc1ccccc1N=C(c1ccccc1)c1ccnn1C. The van der Waals surface area contributed by atoms with Gasteiger partial charge in [0.2, 0.25) is 0 Å². The van der Waals surface area contributed by atoms with Crippen molar-refractivity contribution in [2.75, 3.05) is 7.11 Å². The minimum absolute atomic E-state index is 0.748. The first kappa shape index (κ1) is 14.1. The standard InChI is InChI=1S/C18H17N3O/c1-21-16(12-13-19-21)18(14-8-4-3-5-9-14)20-15-10-6-7-11-17(15)22-2/h3-13H,1-2H3. The van der Waals surface area contributed by atoms with Gasteiger partial charge in [0.25, 0.3) is 0 Å². The molecule has 0 atom stereocenters. The van der Waals surface area contributed by atoms with E-state index in [0.29, 0.717) is 0 Å². The Hall–Kier alpha value is -2.88. The third-order valence-corrected chi connectivity index (χ3v) is 3.43. The van der Waals surface area contributed by atoms with E-state index in [9.17, 15) is 0 Å². The van der Waals surface area contributed by atoms with Gasteiger partial charge in [-0.2, -0.15) is 5.10 Å². The van der Waals surface area contributed by atoms with E-state index >= 15 is 0 Å². The summed E-state index contributed by atoms with van der Waals surface area (Å²) in [6, 6.07) is 19.8. The molecule has 4 nitrogen and oxygen atoms in total. The Labute approximate surface area is 129 Å². The summed E-state index contributed by atoms with van der Waals surface area (Å²) in [6.45, 7) is 0. The number of ether oxygens (including phenoxy) is 1. The van der Waals surface area contributed by atoms with Gasteiger partial charge in [-0.05, 0) is 18.2 Å². The molecule has 4 heteroatoms. The summed E-state index contributed by atoms with van der Waals surface area (Å²) >= 11 is 0. The van der Waals surface area contributed by atoms with E-state index in [1.807, 2.05) is 72.4 Å². The number of hydrogen-bond acceptors (Lipinski definition) is 3. The molecule has 0 aliphatic carbocycles. The molecule has 3 aromatic rings. The van der Waals surface area contributed by atoms with E-state index in [0.717, 1.165) is 28.4 Å². The molecule has 1 aromatic heterocycles. The highest BCUT2D eigenvalue weighted by atomic mass is 16.5. The van der Waals surface area contributed by atoms with Crippen molar-refractivity contribution in [2.45, 2.75) is 0 Å². The van der Waals surface area contributed by atoms with Crippen LogP contribution in [0, 0.1) is 0 Å². The molecule has 0 aliphatic heterocycles. The molecule has 3 rings (SSSR count). The van der Waals surface area contributed by atoms with Gasteiger partial charge in [0.15, 0.2) is 0 Å². The molecular formula is C18H17N3O. The van der Waals surface area contributed by atoms with Gasteiger partial charge in [-0.3, -0.25) is 4.68 Å². The lowest BCUT2D eigenvalue weighted by Gasteiger charge is -2.09. The lowest BCUT2D eigenvalue weighted by molar-refractivity contribution is 0.416. The van der Waals surface area contributed by atoms with Crippen LogP contribution in [-0.4, -0.2) is 22.6 Å². The van der Waals surface area contributed by atoms with Crippen LogP contribution in [0.3, 0.4) is 0 Å². The van der Waals surface area contributed by atoms with Crippen molar-refractivity contribution in [1.29, 1.82) is 0 Å². The van der Waals surface area contributed by atoms with E-state index < -0.39 is 0 Å². The highest BCUT2D eigenvalue weighted by Gasteiger charge is 2.12. The van der Waals surface area contributed by atoms with E-state index in [4.69, 9.17) is 9.73 Å². The third kappa shape index (κ3) is 2.76. The van der Waals surface area contributed by atoms with Crippen LogP contribution in [0.1, 0.15) is 11.3 Å². The van der Waals surface area contributed by atoms with Crippen LogP contribution in [0.2, 0.25) is 0 Å². The van der Waals surface area contributed by atoms with Gasteiger partial charge >= 0.3 is 0 Å². The summed E-state index contributed by atoms with van der Waals surface area (Å²) in [7, 11) is 3.57. The molecule has 0 N–H and O–H groups in total. The molecule has 0 aliphatic rings. The van der Waals surface area contributed by atoms with Crippen LogP contribution in [0.4, 0.5) is 5.69 Å². The van der Waals surface area contributed by atoms with Crippen molar-refractivity contribution in [3.8, 4) is 5.75 Å². The van der Waals surface area contributed by atoms with Gasteiger partial charge in [-0.15, -0.1) is 0 Å². The summed E-state index contributed by atoms with van der Waals surface area (Å²) in [5, 5.41) is 4.25. The van der Waals surface area contributed by atoms with Crippen LogP contribution in [0.5, 0.6) is 5.75 Å². The average Bonchev–Trinajstić information content (AvgIpc) is 2.99. The second-order valence-electron chi connectivity index (χ2n) is 4.84. The van der Waals surface area contributed by atoms with Crippen LogP contribution >= 0.6 is 0 Å². The van der Waals surface area contributed by atoms with E-state index in [2.05, 4.69) is 5.10 Å². The van der Waals surface area contributed by atoms with Gasteiger partial charge in [0, 0.05) is 18.8 Å². The molecule has 0 radical (unpaired) electrons. The van der Waals surface area contributed by atoms with E-state index in [1.54, 1.807) is 13.3 Å². The molecule has 0 spiro atoms. The first-order chi connectivity index (χ1) is 10.8. The predicted octanol–water partition coefficient (Wildman–Crippen LogP) is 3.60. The zero-order valence-corrected chi connectivity index (χ0v) is 12.6. The number of methoxy groups -OCH3 is 1. The highest BCUT2D eigenvalue weighted by molar-refractivity contribution is 6.13. The minimum Gasteiger partial charge on any atom is -0.494 e. The quantitative estimate of drug-likeness (QED) is 0.689. The molecule has 0 bridgehead atoms. The predicted molar refractivity (Wildman–Crippen MR) is 87.9 cm³/mol. The summed E-state index contributed by atoms with van der Waals surface area (Å²) in [5.74, 6) is 0.748. The number of nitrogens with zero attached hydrogens (tertiary/aromatic N) is 3. The van der Waals surface area contributed by atoms with Crippen LogP contribution < -0.4 is 4.74 Å². The number of aliphatic imine (C=N–C) groups is 1. The van der Waals surface area contributed by atoms with Gasteiger partial charge in [0.1, 0.15) is 11.4 Å². The molecule has 22 heavy (non-hydrogen) atoms. The zero-order chi connectivity index (χ0) is 15.4. The third-order valence-electron chi connectivity index (χ3n) is 3.43. The van der Waals surface area contributed by atoms with Crippen molar-refractivity contribution in [3.63, 3.8) is 0 Å². The lowest BCUT2D eigenvalue weighted by Crippen LogP contribution is -2.09. The maximum atomic E-state index is 5.40. The summed E-state index contributed by atoms with van der Waals surface area (Å²) in [6.07, 6.45) is 1.77. The molecular weight excluding hydrogens is 274 g/mol. The number of aromatic nitrogens is 2. The van der Waals surface area contributed by atoms with Crippen molar-refractivity contribution >= 4 is 11.4 Å². The van der Waals surface area contributed by atoms with Gasteiger partial charge in [-0.25, -0.2) is 4.99 Å².